The van der Waals surface area contributed by atoms with Crippen LogP contribution in [-0.2, 0) is 13.0 Å². The van der Waals surface area contributed by atoms with Gasteiger partial charge in [0.1, 0.15) is 17.5 Å². The Bertz CT molecular complexity index is 585. The molecular formula is C15H22N4S. The van der Waals surface area contributed by atoms with E-state index in [1.807, 2.05) is 18.3 Å². The van der Waals surface area contributed by atoms with Crippen molar-refractivity contribution in [3.05, 3.63) is 32.8 Å². The molecule has 0 bridgehead atoms. The molecule has 0 saturated carbocycles. The van der Waals surface area contributed by atoms with E-state index in [4.69, 9.17) is 5.73 Å². The lowest BCUT2D eigenvalue weighted by molar-refractivity contribution is 0.833. The Kier molecular flexibility index (Phi) is 4.60. The summed E-state index contributed by atoms with van der Waals surface area (Å²) >= 11 is 1.82. The molecule has 3 N–H and O–H groups in total. The predicted molar refractivity (Wildman–Crippen MR) is 86.3 cm³/mol. The summed E-state index contributed by atoms with van der Waals surface area (Å²) < 4.78 is 0. The molecule has 2 rings (SSSR count). The van der Waals surface area contributed by atoms with Crippen LogP contribution in [0, 0.1) is 20.8 Å². The first kappa shape index (κ1) is 14.8. The fourth-order valence-electron chi connectivity index (χ4n) is 2.00. The van der Waals surface area contributed by atoms with Gasteiger partial charge in [-0.1, -0.05) is 6.92 Å². The van der Waals surface area contributed by atoms with Crippen LogP contribution in [0.25, 0.3) is 0 Å². The van der Waals surface area contributed by atoms with E-state index >= 15 is 0 Å². The van der Waals surface area contributed by atoms with Crippen LogP contribution in [0.1, 0.15) is 40.1 Å². The quantitative estimate of drug-likeness (QED) is 0.883. The lowest BCUT2D eigenvalue weighted by atomic mass is 10.2. The number of hydrogen-bond acceptors (Lipinski definition) is 5. The molecule has 0 amide bonds. The molecule has 0 aromatic carbocycles. The summed E-state index contributed by atoms with van der Waals surface area (Å²) in [7, 11) is 0. The van der Waals surface area contributed by atoms with E-state index in [9.17, 15) is 0 Å². The Balaban J connectivity index is 2.15. The van der Waals surface area contributed by atoms with Crippen molar-refractivity contribution in [3.8, 4) is 0 Å². The van der Waals surface area contributed by atoms with E-state index < -0.39 is 0 Å². The smallest absolute Gasteiger partial charge is 0.135 e. The van der Waals surface area contributed by atoms with Crippen molar-refractivity contribution in [2.24, 2.45) is 0 Å². The first-order valence-electron chi connectivity index (χ1n) is 6.94. The lowest BCUT2D eigenvalue weighted by Gasteiger charge is -2.11. The summed E-state index contributed by atoms with van der Waals surface area (Å²) in [6, 6.07) is 2.22. The molecule has 0 saturated heterocycles. The van der Waals surface area contributed by atoms with Gasteiger partial charge < -0.3 is 11.1 Å². The maximum atomic E-state index is 5.96. The van der Waals surface area contributed by atoms with Crippen molar-refractivity contribution in [1.82, 2.24) is 9.97 Å². The third kappa shape index (κ3) is 3.28. The second kappa shape index (κ2) is 6.22. The molecule has 0 spiro atoms. The van der Waals surface area contributed by atoms with E-state index in [2.05, 4.69) is 42.1 Å². The zero-order valence-electron chi connectivity index (χ0n) is 12.6. The molecular weight excluding hydrogens is 268 g/mol. The van der Waals surface area contributed by atoms with Crippen LogP contribution < -0.4 is 11.1 Å². The molecule has 0 fully saturated rings. The van der Waals surface area contributed by atoms with Crippen molar-refractivity contribution < 1.29 is 0 Å². The highest BCUT2D eigenvalue weighted by molar-refractivity contribution is 7.12. The van der Waals surface area contributed by atoms with E-state index in [0.29, 0.717) is 5.82 Å². The van der Waals surface area contributed by atoms with Gasteiger partial charge in [-0.25, -0.2) is 9.97 Å². The second-order valence-corrected chi connectivity index (χ2v) is 6.40. The van der Waals surface area contributed by atoms with Crippen LogP contribution in [0.15, 0.2) is 6.07 Å². The number of hydrogen-bond donors (Lipinski definition) is 2. The molecule has 20 heavy (non-hydrogen) atoms. The van der Waals surface area contributed by atoms with Crippen LogP contribution in [0.5, 0.6) is 0 Å². The lowest BCUT2D eigenvalue weighted by Crippen LogP contribution is -2.09. The van der Waals surface area contributed by atoms with Gasteiger partial charge in [-0.15, -0.1) is 11.3 Å². The Morgan fingerprint density at radius 3 is 2.60 bits per heavy atom. The molecule has 0 aliphatic heterocycles. The summed E-state index contributed by atoms with van der Waals surface area (Å²) in [6.45, 7) is 9.14. The van der Waals surface area contributed by atoms with Gasteiger partial charge in [-0.2, -0.15) is 0 Å². The summed E-state index contributed by atoms with van der Waals surface area (Å²) in [6.07, 6.45) is 1.88. The van der Waals surface area contributed by atoms with E-state index in [0.717, 1.165) is 36.6 Å². The second-order valence-electron chi connectivity index (χ2n) is 5.05. The van der Waals surface area contributed by atoms with Gasteiger partial charge >= 0.3 is 0 Å². The topological polar surface area (TPSA) is 63.8 Å². The highest BCUT2D eigenvalue weighted by Gasteiger charge is 2.09. The Labute approximate surface area is 124 Å². The summed E-state index contributed by atoms with van der Waals surface area (Å²) in [5, 5.41) is 3.39. The maximum absolute atomic E-state index is 5.96. The number of aromatic nitrogens is 2. The Morgan fingerprint density at radius 2 is 2.00 bits per heavy atom. The zero-order valence-corrected chi connectivity index (χ0v) is 13.4. The Hall–Kier alpha value is -1.62. The van der Waals surface area contributed by atoms with Crippen molar-refractivity contribution in [2.45, 2.75) is 47.1 Å². The van der Waals surface area contributed by atoms with Gasteiger partial charge in [0, 0.05) is 21.7 Å². The highest BCUT2D eigenvalue weighted by Crippen LogP contribution is 2.23. The number of nitrogens with two attached hydrogens (primary N) is 1. The highest BCUT2D eigenvalue weighted by atomic mass is 32.1. The van der Waals surface area contributed by atoms with Gasteiger partial charge in [-0.05, 0) is 38.8 Å². The molecule has 0 unspecified atom stereocenters. The van der Waals surface area contributed by atoms with Crippen LogP contribution in [0.2, 0.25) is 0 Å². The maximum Gasteiger partial charge on any atom is 0.135 e. The van der Waals surface area contributed by atoms with Gasteiger partial charge in [0.15, 0.2) is 0 Å². The molecule has 0 aliphatic carbocycles. The largest absolute Gasteiger partial charge is 0.383 e. The summed E-state index contributed by atoms with van der Waals surface area (Å²) in [5.74, 6) is 2.24. The van der Waals surface area contributed by atoms with E-state index in [1.165, 1.54) is 15.3 Å². The average molecular weight is 290 g/mol. The van der Waals surface area contributed by atoms with E-state index in [-0.39, 0.29) is 0 Å². The monoisotopic (exact) mass is 290 g/mol. The van der Waals surface area contributed by atoms with E-state index in [1.54, 1.807) is 0 Å². The first-order valence-corrected chi connectivity index (χ1v) is 7.75. The molecule has 2 aromatic heterocycles. The van der Waals surface area contributed by atoms with Crippen molar-refractivity contribution >= 4 is 23.0 Å². The minimum atomic E-state index is 0.574. The number of rotatable bonds is 5. The number of nitrogens with zero attached hydrogens (tertiary/aromatic N) is 2. The zero-order chi connectivity index (χ0) is 14.7. The number of anilines is 2. The third-order valence-electron chi connectivity index (χ3n) is 3.35. The van der Waals surface area contributed by atoms with Crippen molar-refractivity contribution in [1.29, 1.82) is 0 Å². The molecule has 108 valence electrons. The molecule has 0 aliphatic rings. The van der Waals surface area contributed by atoms with Crippen LogP contribution in [-0.4, -0.2) is 9.97 Å². The first-order chi connectivity index (χ1) is 9.51. The molecule has 5 heteroatoms. The molecule has 2 heterocycles. The van der Waals surface area contributed by atoms with Gasteiger partial charge in [0.25, 0.3) is 0 Å². The molecule has 4 nitrogen and oxygen atoms in total. The molecule has 0 atom stereocenters. The number of thiophene rings is 1. The fourth-order valence-corrected chi connectivity index (χ4v) is 2.99. The SMILES string of the molecule is CCCc1nc(N)c(C)c(NCc2cc(C)c(C)s2)n1. The van der Waals surface area contributed by atoms with Crippen LogP contribution >= 0.6 is 11.3 Å². The van der Waals surface area contributed by atoms with Crippen molar-refractivity contribution in [2.75, 3.05) is 11.1 Å². The standard InChI is InChI=1S/C15H22N4S/c1-5-6-13-18-14(16)10(3)15(19-13)17-8-12-7-9(2)11(4)20-12/h7H,5-6,8H2,1-4H3,(H3,16,17,18,19). The minimum Gasteiger partial charge on any atom is -0.383 e. The summed E-state index contributed by atoms with van der Waals surface area (Å²) in [5.41, 5.74) is 8.23. The van der Waals surface area contributed by atoms with Gasteiger partial charge in [-0.3, -0.25) is 0 Å². The van der Waals surface area contributed by atoms with Crippen LogP contribution in [0.3, 0.4) is 0 Å². The summed E-state index contributed by atoms with van der Waals surface area (Å²) in [4.78, 5) is 11.6. The Morgan fingerprint density at radius 1 is 1.25 bits per heavy atom. The molecule has 2 aromatic rings. The third-order valence-corrected chi connectivity index (χ3v) is 4.50. The fraction of sp³-hybridized carbons (Fsp3) is 0.467. The number of nitrogens with one attached hydrogen (secondary N) is 1. The van der Waals surface area contributed by atoms with Gasteiger partial charge in [0.2, 0.25) is 0 Å². The minimum absolute atomic E-state index is 0.574. The average Bonchev–Trinajstić information content (AvgIpc) is 2.71. The molecule has 0 radical (unpaired) electrons. The number of nitrogen functional groups attached to an aromatic ring is 1. The normalized spacial score (nSPS) is 10.8. The van der Waals surface area contributed by atoms with Crippen LogP contribution in [0.4, 0.5) is 11.6 Å². The van der Waals surface area contributed by atoms with Gasteiger partial charge in [0.05, 0.1) is 6.54 Å². The number of aryl methyl sites for hydroxylation is 3. The van der Waals surface area contributed by atoms with Crippen molar-refractivity contribution in [3.63, 3.8) is 0 Å². The predicted octanol–water partition coefficient (Wildman–Crippen LogP) is 3.61.